The van der Waals surface area contributed by atoms with Crippen molar-refractivity contribution in [2.45, 2.75) is 6.42 Å². The van der Waals surface area contributed by atoms with Gasteiger partial charge in [0.05, 0.1) is 13.5 Å². The number of phenolic OH excluding ortho intramolecular Hbond substituents is 1. The van der Waals surface area contributed by atoms with Gasteiger partial charge in [0.2, 0.25) is 0 Å². The Balaban J connectivity index is 2.72. The minimum Gasteiger partial charge on any atom is -0.504 e. The van der Waals surface area contributed by atoms with Crippen LogP contribution in [0.1, 0.15) is 12.0 Å². The molecule has 0 amide bonds. The molecule has 3 nitrogen and oxygen atoms in total. The van der Waals surface area contributed by atoms with Crippen LogP contribution in [0.5, 0.6) is 5.75 Å². The van der Waals surface area contributed by atoms with Crippen LogP contribution in [0.4, 0.5) is 4.39 Å². The molecule has 0 aliphatic heterocycles. The Kier molecular flexibility index (Phi) is 3.85. The quantitative estimate of drug-likeness (QED) is 0.777. The number of benzene rings is 1. The summed E-state index contributed by atoms with van der Waals surface area (Å²) in [5, 5.41) is 9.28. The van der Waals surface area contributed by atoms with Gasteiger partial charge in [0.25, 0.3) is 0 Å². The Hall–Kier alpha value is -1.84. The van der Waals surface area contributed by atoms with Crippen LogP contribution in [-0.4, -0.2) is 18.2 Å². The number of ether oxygens (including phenoxy) is 1. The average molecular weight is 210 g/mol. The molecule has 0 bridgehead atoms. The van der Waals surface area contributed by atoms with Crippen molar-refractivity contribution in [3.8, 4) is 5.75 Å². The summed E-state index contributed by atoms with van der Waals surface area (Å²) in [6, 6.07) is 4.19. The van der Waals surface area contributed by atoms with Gasteiger partial charge < -0.3 is 9.84 Å². The number of carbonyl (C=O) groups excluding carboxylic acids is 1. The van der Waals surface area contributed by atoms with Crippen molar-refractivity contribution in [1.29, 1.82) is 0 Å². The molecule has 0 atom stereocenters. The van der Waals surface area contributed by atoms with Crippen LogP contribution in [0.25, 0.3) is 6.08 Å². The zero-order valence-electron chi connectivity index (χ0n) is 8.24. The van der Waals surface area contributed by atoms with Crippen LogP contribution in [0.2, 0.25) is 0 Å². The second-order valence-electron chi connectivity index (χ2n) is 2.86. The van der Waals surface area contributed by atoms with Crippen LogP contribution in [0.3, 0.4) is 0 Å². The first-order chi connectivity index (χ1) is 7.15. The Morgan fingerprint density at radius 1 is 1.60 bits per heavy atom. The second kappa shape index (κ2) is 5.14. The monoisotopic (exact) mass is 210 g/mol. The van der Waals surface area contributed by atoms with Gasteiger partial charge in [-0.25, -0.2) is 4.39 Å². The summed E-state index contributed by atoms with van der Waals surface area (Å²) in [5.41, 5.74) is 0.332. The van der Waals surface area contributed by atoms with Crippen molar-refractivity contribution in [3.05, 3.63) is 35.7 Å². The molecule has 0 spiro atoms. The summed E-state index contributed by atoms with van der Waals surface area (Å²) in [5.74, 6) is -1.49. The molecule has 1 aromatic rings. The van der Waals surface area contributed by atoms with E-state index in [4.69, 9.17) is 0 Å². The van der Waals surface area contributed by atoms with Gasteiger partial charge in [-0.1, -0.05) is 24.3 Å². The third-order valence-corrected chi connectivity index (χ3v) is 1.83. The molecule has 0 saturated heterocycles. The molecule has 1 rings (SSSR count). The third-order valence-electron chi connectivity index (χ3n) is 1.83. The Labute approximate surface area is 86.8 Å². The zero-order chi connectivity index (χ0) is 11.3. The van der Waals surface area contributed by atoms with E-state index in [9.17, 15) is 14.3 Å². The topological polar surface area (TPSA) is 46.5 Å². The predicted octanol–water partition coefficient (Wildman–Crippen LogP) is 2.11. The normalized spacial score (nSPS) is 10.5. The summed E-state index contributed by atoms with van der Waals surface area (Å²) >= 11 is 0. The fourth-order valence-corrected chi connectivity index (χ4v) is 1.03. The largest absolute Gasteiger partial charge is 0.504 e. The molecule has 0 aliphatic carbocycles. The van der Waals surface area contributed by atoms with Gasteiger partial charge >= 0.3 is 5.97 Å². The van der Waals surface area contributed by atoms with Crippen LogP contribution in [0, 0.1) is 5.82 Å². The first-order valence-electron chi connectivity index (χ1n) is 4.36. The summed E-state index contributed by atoms with van der Waals surface area (Å²) < 4.78 is 17.3. The molecule has 15 heavy (non-hydrogen) atoms. The maximum Gasteiger partial charge on any atom is 0.309 e. The number of hydrogen-bond acceptors (Lipinski definition) is 3. The molecular weight excluding hydrogens is 199 g/mol. The lowest BCUT2D eigenvalue weighted by Crippen LogP contribution is -1.96. The first-order valence-corrected chi connectivity index (χ1v) is 4.36. The van der Waals surface area contributed by atoms with Crippen LogP contribution < -0.4 is 0 Å². The number of halogens is 1. The number of esters is 1. The smallest absolute Gasteiger partial charge is 0.309 e. The minimum atomic E-state index is -0.685. The van der Waals surface area contributed by atoms with E-state index in [2.05, 4.69) is 4.74 Å². The van der Waals surface area contributed by atoms with Crippen molar-refractivity contribution in [1.82, 2.24) is 0 Å². The van der Waals surface area contributed by atoms with Crippen LogP contribution in [-0.2, 0) is 9.53 Å². The third kappa shape index (κ3) is 3.09. The number of carbonyl (C=O) groups is 1. The summed E-state index contributed by atoms with van der Waals surface area (Å²) in [6.45, 7) is 0. The lowest BCUT2D eigenvalue weighted by molar-refractivity contribution is -0.139. The molecule has 0 unspecified atom stereocenters. The number of phenols is 1. The molecule has 80 valence electrons. The Morgan fingerprint density at radius 2 is 2.33 bits per heavy atom. The Bertz CT molecular complexity index is 385. The number of hydrogen-bond donors (Lipinski definition) is 1. The van der Waals surface area contributed by atoms with E-state index < -0.39 is 11.6 Å². The van der Waals surface area contributed by atoms with Gasteiger partial charge in [-0.15, -0.1) is 0 Å². The molecular formula is C11H11FO3. The van der Waals surface area contributed by atoms with Crippen LogP contribution in [0.15, 0.2) is 24.3 Å². The van der Waals surface area contributed by atoms with Gasteiger partial charge in [-0.05, 0) is 6.07 Å². The fraction of sp³-hybridized carbons (Fsp3) is 0.182. The van der Waals surface area contributed by atoms with Gasteiger partial charge in [0.15, 0.2) is 11.6 Å². The van der Waals surface area contributed by atoms with Crippen molar-refractivity contribution >= 4 is 12.0 Å². The lowest BCUT2D eigenvalue weighted by Gasteiger charge is -1.99. The lowest BCUT2D eigenvalue weighted by atomic mass is 10.1. The molecule has 0 fully saturated rings. The van der Waals surface area contributed by atoms with E-state index in [-0.39, 0.29) is 12.4 Å². The maximum atomic E-state index is 12.9. The number of methoxy groups -OCH3 is 1. The maximum absolute atomic E-state index is 12.9. The number of para-hydroxylation sites is 1. The van der Waals surface area contributed by atoms with Crippen molar-refractivity contribution in [3.63, 3.8) is 0 Å². The van der Waals surface area contributed by atoms with Crippen molar-refractivity contribution in [2.24, 2.45) is 0 Å². The van der Waals surface area contributed by atoms with E-state index >= 15 is 0 Å². The SMILES string of the molecule is COC(=O)CC=Cc1cccc(F)c1O. The molecule has 0 aromatic heterocycles. The average Bonchev–Trinajstić information content (AvgIpc) is 2.24. The second-order valence-corrected chi connectivity index (χ2v) is 2.86. The first kappa shape index (κ1) is 11.2. The highest BCUT2D eigenvalue weighted by molar-refractivity contribution is 5.72. The van der Waals surface area contributed by atoms with Crippen LogP contribution >= 0.6 is 0 Å². The van der Waals surface area contributed by atoms with Gasteiger partial charge in [0.1, 0.15) is 0 Å². The summed E-state index contributed by atoms with van der Waals surface area (Å²) in [4.78, 5) is 10.7. The molecule has 0 heterocycles. The number of aromatic hydroxyl groups is 1. The van der Waals surface area contributed by atoms with Gasteiger partial charge in [-0.3, -0.25) is 4.79 Å². The number of rotatable bonds is 3. The van der Waals surface area contributed by atoms with E-state index in [0.29, 0.717) is 5.56 Å². The molecule has 0 saturated carbocycles. The molecule has 1 N–H and O–H groups in total. The van der Waals surface area contributed by atoms with Crippen molar-refractivity contribution < 1.29 is 19.0 Å². The van der Waals surface area contributed by atoms with Gasteiger partial charge in [-0.2, -0.15) is 0 Å². The van der Waals surface area contributed by atoms with E-state index in [1.54, 1.807) is 6.07 Å². The Morgan fingerprint density at radius 3 is 3.00 bits per heavy atom. The molecule has 4 heteroatoms. The summed E-state index contributed by atoms with van der Waals surface area (Å²) in [7, 11) is 1.29. The highest BCUT2D eigenvalue weighted by Crippen LogP contribution is 2.21. The van der Waals surface area contributed by atoms with E-state index in [0.717, 1.165) is 6.07 Å². The zero-order valence-corrected chi connectivity index (χ0v) is 8.24. The molecule has 0 aliphatic rings. The highest BCUT2D eigenvalue weighted by atomic mass is 19.1. The molecule has 1 aromatic carbocycles. The minimum absolute atomic E-state index is 0.0897. The molecule has 0 radical (unpaired) electrons. The van der Waals surface area contributed by atoms with E-state index in [1.165, 1.54) is 25.3 Å². The predicted molar refractivity (Wildman–Crippen MR) is 53.7 cm³/mol. The fourth-order valence-electron chi connectivity index (χ4n) is 1.03. The van der Waals surface area contributed by atoms with Crippen molar-refractivity contribution in [2.75, 3.05) is 7.11 Å². The van der Waals surface area contributed by atoms with Gasteiger partial charge in [0, 0.05) is 5.56 Å². The standard InChI is InChI=1S/C11H11FO3/c1-15-10(13)7-3-5-8-4-2-6-9(12)11(8)14/h2-6,14H,7H2,1H3. The highest BCUT2D eigenvalue weighted by Gasteiger charge is 2.03. The van der Waals surface area contributed by atoms with E-state index in [1.807, 2.05) is 0 Å². The summed E-state index contributed by atoms with van der Waals surface area (Å²) in [6.07, 6.45) is 3.06.